The SMILES string of the molecule is CC1CCOC1C(N)c1c(F)cccc1F. The van der Waals surface area contributed by atoms with Crippen LogP contribution in [0.1, 0.15) is 24.9 Å². The third kappa shape index (κ3) is 1.95. The summed E-state index contributed by atoms with van der Waals surface area (Å²) in [5, 5.41) is 0. The van der Waals surface area contributed by atoms with Crippen molar-refractivity contribution in [2.75, 3.05) is 6.61 Å². The number of benzene rings is 1. The van der Waals surface area contributed by atoms with E-state index in [2.05, 4.69) is 0 Å². The molecule has 3 atom stereocenters. The van der Waals surface area contributed by atoms with Gasteiger partial charge in [-0.1, -0.05) is 13.0 Å². The number of hydrogen-bond donors (Lipinski definition) is 1. The fourth-order valence-electron chi connectivity index (χ4n) is 2.17. The molecule has 1 aromatic carbocycles. The Morgan fingerprint density at radius 2 is 2.00 bits per heavy atom. The number of nitrogens with two attached hydrogens (primary N) is 1. The van der Waals surface area contributed by atoms with Crippen molar-refractivity contribution in [1.29, 1.82) is 0 Å². The summed E-state index contributed by atoms with van der Waals surface area (Å²) in [7, 11) is 0. The molecule has 1 aromatic rings. The van der Waals surface area contributed by atoms with E-state index in [9.17, 15) is 8.78 Å². The Balaban J connectivity index is 2.29. The average molecular weight is 227 g/mol. The van der Waals surface area contributed by atoms with Crippen molar-refractivity contribution in [1.82, 2.24) is 0 Å². The average Bonchev–Trinajstić information content (AvgIpc) is 2.64. The van der Waals surface area contributed by atoms with Crippen molar-refractivity contribution < 1.29 is 13.5 Å². The van der Waals surface area contributed by atoms with Crippen LogP contribution in [0.15, 0.2) is 18.2 Å². The first-order chi connectivity index (χ1) is 7.61. The molecule has 0 saturated carbocycles. The van der Waals surface area contributed by atoms with Crippen LogP contribution in [0.2, 0.25) is 0 Å². The summed E-state index contributed by atoms with van der Waals surface area (Å²) in [5.74, 6) is -0.973. The van der Waals surface area contributed by atoms with Gasteiger partial charge in [0.25, 0.3) is 0 Å². The molecule has 2 nitrogen and oxygen atoms in total. The highest BCUT2D eigenvalue weighted by Crippen LogP contribution is 2.31. The number of ether oxygens (including phenoxy) is 1. The minimum Gasteiger partial charge on any atom is -0.376 e. The Morgan fingerprint density at radius 1 is 1.38 bits per heavy atom. The van der Waals surface area contributed by atoms with Crippen LogP contribution < -0.4 is 5.73 Å². The predicted octanol–water partition coefficient (Wildman–Crippen LogP) is 2.39. The maximum atomic E-state index is 13.5. The van der Waals surface area contributed by atoms with Crippen LogP contribution in [-0.4, -0.2) is 12.7 Å². The van der Waals surface area contributed by atoms with Gasteiger partial charge in [-0.15, -0.1) is 0 Å². The second kappa shape index (κ2) is 4.47. The van der Waals surface area contributed by atoms with Gasteiger partial charge in [0.1, 0.15) is 11.6 Å². The molecular formula is C12H15F2NO. The molecule has 1 fully saturated rings. The topological polar surface area (TPSA) is 35.2 Å². The Labute approximate surface area is 93.4 Å². The maximum absolute atomic E-state index is 13.5. The van der Waals surface area contributed by atoms with Crippen LogP contribution in [-0.2, 0) is 4.74 Å². The number of hydrogen-bond acceptors (Lipinski definition) is 2. The highest BCUT2D eigenvalue weighted by Gasteiger charge is 2.33. The first-order valence-corrected chi connectivity index (χ1v) is 5.42. The van der Waals surface area contributed by atoms with Gasteiger partial charge in [0, 0.05) is 12.2 Å². The molecule has 2 rings (SSSR count). The van der Waals surface area contributed by atoms with E-state index in [1.54, 1.807) is 0 Å². The Bertz CT molecular complexity index is 363. The maximum Gasteiger partial charge on any atom is 0.131 e. The molecule has 0 radical (unpaired) electrons. The van der Waals surface area contributed by atoms with Gasteiger partial charge in [-0.2, -0.15) is 0 Å². The van der Waals surface area contributed by atoms with E-state index in [0.29, 0.717) is 6.61 Å². The minimum absolute atomic E-state index is 0.0683. The Kier molecular flexibility index (Phi) is 3.21. The summed E-state index contributed by atoms with van der Waals surface area (Å²) in [6, 6.07) is 3.04. The van der Waals surface area contributed by atoms with Crippen molar-refractivity contribution in [2.24, 2.45) is 11.7 Å². The lowest BCUT2D eigenvalue weighted by Gasteiger charge is -2.23. The Hall–Kier alpha value is -1.00. The fraction of sp³-hybridized carbons (Fsp3) is 0.500. The van der Waals surface area contributed by atoms with Gasteiger partial charge in [0.2, 0.25) is 0 Å². The zero-order valence-electron chi connectivity index (χ0n) is 9.12. The summed E-state index contributed by atoms with van der Waals surface area (Å²) in [6.45, 7) is 2.59. The van der Waals surface area contributed by atoms with E-state index >= 15 is 0 Å². The van der Waals surface area contributed by atoms with Gasteiger partial charge >= 0.3 is 0 Å². The summed E-state index contributed by atoms with van der Waals surface area (Å²) >= 11 is 0. The van der Waals surface area contributed by atoms with Crippen molar-refractivity contribution >= 4 is 0 Å². The molecule has 1 aliphatic heterocycles. The van der Waals surface area contributed by atoms with Crippen molar-refractivity contribution in [3.05, 3.63) is 35.4 Å². The summed E-state index contributed by atoms with van der Waals surface area (Å²) < 4.78 is 32.4. The molecule has 0 amide bonds. The monoisotopic (exact) mass is 227 g/mol. The molecule has 3 unspecified atom stereocenters. The molecule has 16 heavy (non-hydrogen) atoms. The third-order valence-corrected chi connectivity index (χ3v) is 3.13. The van der Waals surface area contributed by atoms with E-state index in [-0.39, 0.29) is 17.6 Å². The third-order valence-electron chi connectivity index (χ3n) is 3.13. The molecule has 0 bridgehead atoms. The summed E-state index contributed by atoms with van der Waals surface area (Å²) in [4.78, 5) is 0. The predicted molar refractivity (Wildman–Crippen MR) is 56.8 cm³/mol. The van der Waals surface area contributed by atoms with E-state index in [4.69, 9.17) is 10.5 Å². The second-order valence-corrected chi connectivity index (χ2v) is 4.26. The lowest BCUT2D eigenvalue weighted by molar-refractivity contribution is 0.0704. The van der Waals surface area contributed by atoms with Gasteiger partial charge < -0.3 is 10.5 Å². The molecule has 0 spiro atoms. The molecule has 0 aliphatic carbocycles. The van der Waals surface area contributed by atoms with E-state index < -0.39 is 17.7 Å². The van der Waals surface area contributed by atoms with Gasteiger partial charge in [-0.05, 0) is 24.5 Å². The van der Waals surface area contributed by atoms with Gasteiger partial charge in [0.05, 0.1) is 12.1 Å². The van der Waals surface area contributed by atoms with Crippen LogP contribution in [0.25, 0.3) is 0 Å². The van der Waals surface area contributed by atoms with E-state index in [1.165, 1.54) is 18.2 Å². The first kappa shape index (κ1) is 11.5. The molecule has 1 saturated heterocycles. The van der Waals surface area contributed by atoms with Crippen LogP contribution in [0.4, 0.5) is 8.78 Å². The molecule has 1 aliphatic rings. The van der Waals surface area contributed by atoms with Gasteiger partial charge in [-0.3, -0.25) is 0 Å². The van der Waals surface area contributed by atoms with Crippen LogP contribution in [0.3, 0.4) is 0 Å². The lowest BCUT2D eigenvalue weighted by atomic mass is 9.92. The smallest absolute Gasteiger partial charge is 0.131 e. The standard InChI is InChI=1S/C12H15F2NO/c1-7-5-6-16-12(7)11(15)10-8(13)3-2-4-9(10)14/h2-4,7,11-12H,5-6,15H2,1H3. The van der Waals surface area contributed by atoms with E-state index in [1.807, 2.05) is 6.92 Å². The molecule has 1 heterocycles. The Morgan fingerprint density at radius 3 is 2.50 bits per heavy atom. The zero-order chi connectivity index (χ0) is 11.7. The first-order valence-electron chi connectivity index (χ1n) is 5.42. The summed E-state index contributed by atoms with van der Waals surface area (Å²) in [5.41, 5.74) is 5.82. The number of halogens is 2. The highest BCUT2D eigenvalue weighted by molar-refractivity contribution is 5.24. The molecule has 88 valence electrons. The second-order valence-electron chi connectivity index (χ2n) is 4.26. The molecule has 2 N–H and O–H groups in total. The molecular weight excluding hydrogens is 212 g/mol. The fourth-order valence-corrected chi connectivity index (χ4v) is 2.17. The molecule has 4 heteroatoms. The van der Waals surface area contributed by atoms with Crippen LogP contribution in [0, 0.1) is 17.6 Å². The van der Waals surface area contributed by atoms with Crippen molar-refractivity contribution in [3.8, 4) is 0 Å². The van der Waals surface area contributed by atoms with Crippen LogP contribution >= 0.6 is 0 Å². The van der Waals surface area contributed by atoms with Crippen molar-refractivity contribution in [2.45, 2.75) is 25.5 Å². The van der Waals surface area contributed by atoms with Gasteiger partial charge in [0.15, 0.2) is 0 Å². The minimum atomic E-state index is -0.737. The summed E-state index contributed by atoms with van der Waals surface area (Å²) in [6.07, 6.45) is 0.584. The quantitative estimate of drug-likeness (QED) is 0.842. The normalized spacial score (nSPS) is 27.0. The largest absolute Gasteiger partial charge is 0.376 e. The zero-order valence-corrected chi connectivity index (χ0v) is 9.12. The van der Waals surface area contributed by atoms with Gasteiger partial charge in [-0.25, -0.2) is 8.78 Å². The molecule has 0 aromatic heterocycles. The van der Waals surface area contributed by atoms with Crippen LogP contribution in [0.5, 0.6) is 0 Å². The van der Waals surface area contributed by atoms with Crippen molar-refractivity contribution in [3.63, 3.8) is 0 Å². The lowest BCUT2D eigenvalue weighted by Crippen LogP contribution is -2.31. The van der Waals surface area contributed by atoms with E-state index in [0.717, 1.165) is 6.42 Å². The highest BCUT2D eigenvalue weighted by atomic mass is 19.1. The number of rotatable bonds is 2.